The minimum atomic E-state index is -0.370. The predicted octanol–water partition coefficient (Wildman–Crippen LogP) is 0.148. The van der Waals surface area contributed by atoms with Crippen LogP contribution in [0.25, 0.3) is 0 Å². The highest BCUT2D eigenvalue weighted by Gasteiger charge is 2.33. The Morgan fingerprint density at radius 2 is 2.19 bits per heavy atom. The number of ether oxygens (including phenoxy) is 1. The van der Waals surface area contributed by atoms with Crippen molar-refractivity contribution in [1.29, 1.82) is 0 Å². The molecule has 1 aliphatic heterocycles. The van der Waals surface area contributed by atoms with Gasteiger partial charge in [-0.3, -0.25) is 9.59 Å². The zero-order valence-corrected chi connectivity index (χ0v) is 10.2. The quantitative estimate of drug-likeness (QED) is 0.728. The van der Waals surface area contributed by atoms with Crippen LogP contribution in [0.2, 0.25) is 0 Å². The molecule has 1 fully saturated rings. The van der Waals surface area contributed by atoms with E-state index in [0.717, 1.165) is 0 Å². The van der Waals surface area contributed by atoms with Crippen LogP contribution in [0.15, 0.2) is 0 Å². The van der Waals surface area contributed by atoms with Crippen molar-refractivity contribution in [2.24, 2.45) is 0 Å². The number of hydrogen-bond acceptors (Lipinski definition) is 3. The van der Waals surface area contributed by atoms with Crippen molar-refractivity contribution in [2.75, 3.05) is 19.8 Å². The van der Waals surface area contributed by atoms with Gasteiger partial charge in [-0.15, -0.1) is 0 Å². The summed E-state index contributed by atoms with van der Waals surface area (Å²) >= 11 is 0. The summed E-state index contributed by atoms with van der Waals surface area (Å²) < 4.78 is 5.28. The number of nitrogens with one attached hydrogen (secondary N) is 1. The highest BCUT2D eigenvalue weighted by atomic mass is 16.5. The molecule has 0 radical (unpaired) electrons. The molecule has 1 heterocycles. The molecular formula is C11H20N2O3. The summed E-state index contributed by atoms with van der Waals surface area (Å²) in [4.78, 5) is 25.0. The molecule has 2 atom stereocenters. The molecule has 1 rings (SSSR count). The molecule has 0 aromatic heterocycles. The van der Waals surface area contributed by atoms with Gasteiger partial charge in [0.15, 0.2) is 0 Å². The first kappa shape index (κ1) is 13.0. The molecule has 2 amide bonds. The third-order valence-corrected chi connectivity index (χ3v) is 2.73. The fourth-order valence-corrected chi connectivity index (χ4v) is 1.76. The topological polar surface area (TPSA) is 58.6 Å². The number of hydrogen-bond donors (Lipinski definition) is 1. The van der Waals surface area contributed by atoms with Gasteiger partial charge in [0, 0.05) is 6.61 Å². The Balaban J connectivity index is 2.62. The van der Waals surface area contributed by atoms with E-state index in [1.54, 1.807) is 4.90 Å². The standard InChI is InChI=1S/C11H20N2O3/c1-4-9-11(15)13(6-10(14)12-9)8(3)7-16-5-2/h8-9H,4-7H2,1-3H3,(H,12,14). The summed E-state index contributed by atoms with van der Waals surface area (Å²) in [5, 5.41) is 2.69. The number of amides is 2. The molecule has 0 bridgehead atoms. The van der Waals surface area contributed by atoms with E-state index in [-0.39, 0.29) is 30.4 Å². The van der Waals surface area contributed by atoms with E-state index < -0.39 is 0 Å². The van der Waals surface area contributed by atoms with Crippen LogP contribution in [0.3, 0.4) is 0 Å². The van der Waals surface area contributed by atoms with Crippen LogP contribution in [-0.4, -0.2) is 48.6 Å². The lowest BCUT2D eigenvalue weighted by atomic mass is 10.1. The normalized spacial score (nSPS) is 23.2. The van der Waals surface area contributed by atoms with Crippen LogP contribution >= 0.6 is 0 Å². The van der Waals surface area contributed by atoms with Crippen molar-refractivity contribution in [3.63, 3.8) is 0 Å². The molecule has 0 aliphatic carbocycles. The molecule has 2 unspecified atom stereocenters. The molecule has 0 saturated carbocycles. The van der Waals surface area contributed by atoms with Crippen molar-refractivity contribution in [1.82, 2.24) is 10.2 Å². The molecule has 0 spiro atoms. The maximum absolute atomic E-state index is 12.0. The van der Waals surface area contributed by atoms with Crippen molar-refractivity contribution in [2.45, 2.75) is 39.3 Å². The van der Waals surface area contributed by atoms with E-state index >= 15 is 0 Å². The van der Waals surface area contributed by atoms with E-state index in [9.17, 15) is 9.59 Å². The number of nitrogens with zero attached hydrogens (tertiary/aromatic N) is 1. The largest absolute Gasteiger partial charge is 0.380 e. The zero-order chi connectivity index (χ0) is 12.1. The molecule has 0 aromatic carbocycles. The third kappa shape index (κ3) is 2.95. The lowest BCUT2D eigenvalue weighted by molar-refractivity contribution is -0.147. The fraction of sp³-hybridized carbons (Fsp3) is 0.818. The molecule has 0 aromatic rings. The van der Waals surface area contributed by atoms with E-state index in [4.69, 9.17) is 4.74 Å². The number of rotatable bonds is 5. The Labute approximate surface area is 96.1 Å². The second-order valence-electron chi connectivity index (χ2n) is 4.00. The van der Waals surface area contributed by atoms with Crippen molar-refractivity contribution >= 4 is 11.8 Å². The number of carbonyl (C=O) groups excluding carboxylic acids is 2. The maximum Gasteiger partial charge on any atom is 0.245 e. The van der Waals surface area contributed by atoms with E-state index in [2.05, 4.69) is 5.32 Å². The van der Waals surface area contributed by atoms with Crippen LogP contribution in [-0.2, 0) is 14.3 Å². The van der Waals surface area contributed by atoms with Gasteiger partial charge in [-0.05, 0) is 20.3 Å². The highest BCUT2D eigenvalue weighted by molar-refractivity contribution is 5.94. The van der Waals surface area contributed by atoms with E-state index in [0.29, 0.717) is 19.6 Å². The smallest absolute Gasteiger partial charge is 0.245 e. The minimum Gasteiger partial charge on any atom is -0.380 e. The van der Waals surface area contributed by atoms with Gasteiger partial charge < -0.3 is 15.0 Å². The highest BCUT2D eigenvalue weighted by Crippen LogP contribution is 2.10. The predicted molar refractivity (Wildman–Crippen MR) is 59.9 cm³/mol. The molecule has 92 valence electrons. The molecule has 1 saturated heterocycles. The van der Waals surface area contributed by atoms with Gasteiger partial charge >= 0.3 is 0 Å². The van der Waals surface area contributed by atoms with E-state index in [1.165, 1.54) is 0 Å². The van der Waals surface area contributed by atoms with Gasteiger partial charge in [0.2, 0.25) is 11.8 Å². The third-order valence-electron chi connectivity index (χ3n) is 2.73. The zero-order valence-electron chi connectivity index (χ0n) is 10.2. The summed E-state index contributed by atoms with van der Waals surface area (Å²) in [5.74, 6) is -0.0934. The van der Waals surface area contributed by atoms with Crippen LogP contribution in [0.4, 0.5) is 0 Å². The van der Waals surface area contributed by atoms with Gasteiger partial charge in [0.1, 0.15) is 6.04 Å². The van der Waals surface area contributed by atoms with Crippen LogP contribution < -0.4 is 5.32 Å². The average Bonchev–Trinajstić information content (AvgIpc) is 2.28. The van der Waals surface area contributed by atoms with Crippen molar-refractivity contribution in [3.8, 4) is 0 Å². The van der Waals surface area contributed by atoms with Crippen molar-refractivity contribution in [3.05, 3.63) is 0 Å². The lowest BCUT2D eigenvalue weighted by Crippen LogP contribution is -2.60. The van der Waals surface area contributed by atoms with Gasteiger partial charge in [-0.25, -0.2) is 0 Å². The Morgan fingerprint density at radius 1 is 1.50 bits per heavy atom. The average molecular weight is 228 g/mol. The summed E-state index contributed by atoms with van der Waals surface area (Å²) in [6.07, 6.45) is 0.627. The summed E-state index contributed by atoms with van der Waals surface area (Å²) in [5.41, 5.74) is 0. The molecule has 1 aliphatic rings. The van der Waals surface area contributed by atoms with Gasteiger partial charge in [-0.1, -0.05) is 6.92 Å². The lowest BCUT2D eigenvalue weighted by Gasteiger charge is -2.36. The van der Waals surface area contributed by atoms with Crippen LogP contribution in [0.1, 0.15) is 27.2 Å². The first-order valence-electron chi connectivity index (χ1n) is 5.77. The van der Waals surface area contributed by atoms with Crippen LogP contribution in [0, 0.1) is 0 Å². The van der Waals surface area contributed by atoms with Crippen LogP contribution in [0.5, 0.6) is 0 Å². The monoisotopic (exact) mass is 228 g/mol. The first-order valence-corrected chi connectivity index (χ1v) is 5.77. The molecule has 5 heteroatoms. The Kier molecular flexibility index (Phi) is 4.73. The maximum atomic E-state index is 12.0. The number of piperazine rings is 1. The Bertz CT molecular complexity index is 268. The second kappa shape index (κ2) is 5.84. The summed E-state index contributed by atoms with van der Waals surface area (Å²) in [7, 11) is 0. The van der Waals surface area contributed by atoms with E-state index in [1.807, 2.05) is 20.8 Å². The van der Waals surface area contributed by atoms with Crippen molar-refractivity contribution < 1.29 is 14.3 Å². The van der Waals surface area contributed by atoms with Gasteiger partial charge in [-0.2, -0.15) is 0 Å². The second-order valence-corrected chi connectivity index (χ2v) is 4.00. The summed E-state index contributed by atoms with van der Waals surface area (Å²) in [6, 6.07) is -0.419. The SMILES string of the molecule is CCOCC(C)N1CC(=O)NC(CC)C1=O. The van der Waals surface area contributed by atoms with Gasteiger partial charge in [0.05, 0.1) is 19.2 Å². The Hall–Kier alpha value is -1.10. The minimum absolute atomic E-state index is 0.00527. The number of carbonyl (C=O) groups is 2. The fourth-order valence-electron chi connectivity index (χ4n) is 1.76. The first-order chi connectivity index (χ1) is 7.60. The molecular weight excluding hydrogens is 208 g/mol. The van der Waals surface area contributed by atoms with Gasteiger partial charge in [0.25, 0.3) is 0 Å². The molecule has 5 nitrogen and oxygen atoms in total. The molecule has 1 N–H and O–H groups in total. The Morgan fingerprint density at radius 3 is 2.75 bits per heavy atom. The molecule has 16 heavy (non-hydrogen) atoms. The summed E-state index contributed by atoms with van der Waals surface area (Å²) in [6.45, 7) is 6.94.